The Morgan fingerprint density at radius 1 is 1.40 bits per heavy atom. The lowest BCUT2D eigenvalue weighted by molar-refractivity contribution is 0.102. The Labute approximate surface area is 118 Å². The molecular weight excluding hydrogens is 250 g/mol. The average Bonchev–Trinajstić information content (AvgIpc) is 2.49. The third-order valence-electron chi connectivity index (χ3n) is 3.16. The minimum atomic E-state index is -0.307. The van der Waals surface area contributed by atoms with E-state index >= 15 is 0 Å². The van der Waals surface area contributed by atoms with Gasteiger partial charge in [-0.1, -0.05) is 25.1 Å². The van der Waals surface area contributed by atoms with E-state index in [2.05, 4.69) is 10.3 Å². The zero-order valence-corrected chi connectivity index (χ0v) is 11.5. The van der Waals surface area contributed by atoms with Gasteiger partial charge in [0.2, 0.25) is 0 Å². The summed E-state index contributed by atoms with van der Waals surface area (Å²) in [4.78, 5) is 16.2. The quantitative estimate of drug-likeness (QED) is 0.927. The molecule has 1 N–H and O–H groups in total. The first-order chi connectivity index (χ1) is 9.67. The van der Waals surface area contributed by atoms with Crippen molar-refractivity contribution < 1.29 is 4.79 Å². The van der Waals surface area contributed by atoms with Crippen LogP contribution in [0.3, 0.4) is 0 Å². The normalized spacial score (nSPS) is 9.85. The maximum absolute atomic E-state index is 12.3. The minimum absolute atomic E-state index is 0.292. The molecule has 2 aromatic rings. The predicted octanol–water partition coefficient (Wildman–Crippen LogP) is 3.08. The summed E-state index contributed by atoms with van der Waals surface area (Å²) in [7, 11) is 0. The third kappa shape index (κ3) is 2.67. The maximum atomic E-state index is 12.3. The highest BCUT2D eigenvalue weighted by Gasteiger charge is 2.14. The largest absolute Gasteiger partial charge is 0.321 e. The molecule has 0 aliphatic carbocycles. The number of para-hydroxylation sites is 1. The second-order valence-corrected chi connectivity index (χ2v) is 4.45. The number of aromatic nitrogens is 1. The lowest BCUT2D eigenvalue weighted by atomic mass is 10.0. The van der Waals surface area contributed by atoms with Crippen LogP contribution in [-0.2, 0) is 6.42 Å². The molecule has 1 amide bonds. The number of carbonyl (C=O) groups excluding carboxylic acids is 1. The molecule has 4 heteroatoms. The number of pyridine rings is 1. The maximum Gasteiger partial charge on any atom is 0.258 e. The van der Waals surface area contributed by atoms with Gasteiger partial charge in [0.25, 0.3) is 5.91 Å². The van der Waals surface area contributed by atoms with Crippen molar-refractivity contribution >= 4 is 11.6 Å². The average molecular weight is 265 g/mol. The molecular formula is C16H15N3O. The molecule has 2 rings (SSSR count). The summed E-state index contributed by atoms with van der Waals surface area (Å²) in [5, 5.41) is 11.9. The van der Waals surface area contributed by atoms with Crippen molar-refractivity contribution in [3.8, 4) is 6.07 Å². The number of nitrogens with one attached hydrogen (secondary N) is 1. The van der Waals surface area contributed by atoms with Gasteiger partial charge in [-0.2, -0.15) is 5.26 Å². The van der Waals surface area contributed by atoms with Crippen LogP contribution in [0.15, 0.2) is 36.7 Å². The number of anilines is 1. The second-order valence-electron chi connectivity index (χ2n) is 4.45. The van der Waals surface area contributed by atoms with E-state index in [9.17, 15) is 4.79 Å². The first kappa shape index (κ1) is 13.8. The monoisotopic (exact) mass is 265 g/mol. The number of benzene rings is 1. The van der Waals surface area contributed by atoms with Gasteiger partial charge in [0.05, 0.1) is 11.1 Å². The van der Waals surface area contributed by atoms with Crippen LogP contribution in [0.25, 0.3) is 0 Å². The van der Waals surface area contributed by atoms with Gasteiger partial charge >= 0.3 is 0 Å². The lowest BCUT2D eigenvalue weighted by Gasteiger charge is -2.13. The summed E-state index contributed by atoms with van der Waals surface area (Å²) >= 11 is 0. The van der Waals surface area contributed by atoms with Gasteiger partial charge in [-0.3, -0.25) is 9.78 Å². The van der Waals surface area contributed by atoms with Crippen molar-refractivity contribution in [3.05, 3.63) is 58.9 Å². The van der Waals surface area contributed by atoms with Gasteiger partial charge in [0.15, 0.2) is 0 Å². The van der Waals surface area contributed by atoms with E-state index in [1.54, 1.807) is 0 Å². The summed E-state index contributed by atoms with van der Waals surface area (Å²) in [6.07, 6.45) is 3.74. The number of hydrogen-bond acceptors (Lipinski definition) is 3. The van der Waals surface area contributed by atoms with Crippen LogP contribution in [0, 0.1) is 18.3 Å². The van der Waals surface area contributed by atoms with Gasteiger partial charge in [-0.05, 0) is 30.5 Å². The summed E-state index contributed by atoms with van der Waals surface area (Å²) in [6.45, 7) is 3.98. The van der Waals surface area contributed by atoms with Crippen LogP contribution in [0.2, 0.25) is 0 Å². The third-order valence-corrected chi connectivity index (χ3v) is 3.16. The van der Waals surface area contributed by atoms with Crippen LogP contribution in [0.1, 0.15) is 34.0 Å². The first-order valence-corrected chi connectivity index (χ1v) is 6.41. The van der Waals surface area contributed by atoms with E-state index in [-0.39, 0.29) is 5.91 Å². The molecule has 0 spiro atoms. The highest BCUT2D eigenvalue weighted by atomic mass is 16.1. The number of carbonyl (C=O) groups is 1. The molecule has 0 atom stereocenters. The second kappa shape index (κ2) is 5.98. The smallest absolute Gasteiger partial charge is 0.258 e. The summed E-state index contributed by atoms with van der Waals surface area (Å²) in [6, 6.07) is 9.44. The highest BCUT2D eigenvalue weighted by molar-refractivity contribution is 6.06. The predicted molar refractivity (Wildman–Crippen MR) is 77.5 cm³/mol. The summed E-state index contributed by atoms with van der Waals surface area (Å²) < 4.78 is 0. The van der Waals surface area contributed by atoms with E-state index in [0.29, 0.717) is 11.1 Å². The molecule has 4 nitrogen and oxygen atoms in total. The zero-order chi connectivity index (χ0) is 14.5. The Balaban J connectivity index is 2.36. The molecule has 0 saturated carbocycles. The Kier molecular flexibility index (Phi) is 4.11. The van der Waals surface area contributed by atoms with Crippen LogP contribution < -0.4 is 5.32 Å². The topological polar surface area (TPSA) is 65.8 Å². The Morgan fingerprint density at radius 3 is 2.90 bits per heavy atom. The number of nitrogens with zero attached hydrogens (tertiary/aromatic N) is 2. The van der Waals surface area contributed by atoms with Crippen LogP contribution >= 0.6 is 0 Å². The van der Waals surface area contributed by atoms with Crippen LogP contribution in [0.4, 0.5) is 5.69 Å². The molecule has 0 aliphatic rings. The molecule has 20 heavy (non-hydrogen) atoms. The standard InChI is InChI=1S/C16H15N3O/c1-3-12-6-4-5-11(2)15(12)19-16(20)14-10-18-8-7-13(14)9-17/h4-8,10H,3H2,1-2H3,(H,19,20). The van der Waals surface area contributed by atoms with E-state index in [0.717, 1.165) is 23.2 Å². The fraction of sp³-hybridized carbons (Fsp3) is 0.188. The van der Waals surface area contributed by atoms with Gasteiger partial charge < -0.3 is 5.32 Å². The SMILES string of the molecule is CCc1cccc(C)c1NC(=O)c1cnccc1C#N. The van der Waals surface area contributed by atoms with E-state index in [4.69, 9.17) is 5.26 Å². The number of rotatable bonds is 3. The van der Waals surface area contributed by atoms with Gasteiger partial charge in [-0.15, -0.1) is 0 Å². The number of nitriles is 1. The Hall–Kier alpha value is -2.67. The van der Waals surface area contributed by atoms with Crippen LogP contribution in [-0.4, -0.2) is 10.9 Å². The highest BCUT2D eigenvalue weighted by Crippen LogP contribution is 2.22. The van der Waals surface area contributed by atoms with E-state index < -0.39 is 0 Å². The number of amides is 1. The molecule has 0 aliphatic heterocycles. The number of hydrogen-bond donors (Lipinski definition) is 1. The van der Waals surface area contributed by atoms with E-state index in [1.165, 1.54) is 18.5 Å². The molecule has 0 saturated heterocycles. The molecule has 100 valence electrons. The van der Waals surface area contributed by atoms with Crippen molar-refractivity contribution in [3.63, 3.8) is 0 Å². The fourth-order valence-corrected chi connectivity index (χ4v) is 2.06. The van der Waals surface area contributed by atoms with Crippen molar-refractivity contribution in [1.29, 1.82) is 5.26 Å². The summed E-state index contributed by atoms with van der Waals surface area (Å²) in [5.74, 6) is -0.307. The molecule has 0 bridgehead atoms. The van der Waals surface area contributed by atoms with Gasteiger partial charge in [0, 0.05) is 18.1 Å². The molecule has 1 aromatic carbocycles. The summed E-state index contributed by atoms with van der Waals surface area (Å²) in [5.41, 5.74) is 3.50. The van der Waals surface area contributed by atoms with Crippen molar-refractivity contribution in [2.24, 2.45) is 0 Å². The lowest BCUT2D eigenvalue weighted by Crippen LogP contribution is -2.16. The Bertz CT molecular complexity index is 686. The van der Waals surface area contributed by atoms with E-state index in [1.807, 2.05) is 38.1 Å². The zero-order valence-electron chi connectivity index (χ0n) is 11.5. The van der Waals surface area contributed by atoms with Crippen molar-refractivity contribution in [1.82, 2.24) is 4.98 Å². The molecule has 1 heterocycles. The Morgan fingerprint density at radius 2 is 2.20 bits per heavy atom. The molecule has 0 unspecified atom stereocenters. The number of aryl methyl sites for hydroxylation is 2. The van der Waals surface area contributed by atoms with Crippen LogP contribution in [0.5, 0.6) is 0 Å². The first-order valence-electron chi connectivity index (χ1n) is 6.41. The van der Waals surface area contributed by atoms with Gasteiger partial charge in [0.1, 0.15) is 6.07 Å². The van der Waals surface area contributed by atoms with Gasteiger partial charge in [-0.25, -0.2) is 0 Å². The molecule has 0 radical (unpaired) electrons. The molecule has 0 fully saturated rings. The van der Waals surface area contributed by atoms with Crippen molar-refractivity contribution in [2.75, 3.05) is 5.32 Å². The molecule has 1 aromatic heterocycles. The fourth-order valence-electron chi connectivity index (χ4n) is 2.06. The minimum Gasteiger partial charge on any atom is -0.321 e. The van der Waals surface area contributed by atoms with Crippen molar-refractivity contribution in [2.45, 2.75) is 20.3 Å².